The van der Waals surface area contributed by atoms with E-state index in [0.717, 1.165) is 49.7 Å². The van der Waals surface area contributed by atoms with Crippen LogP contribution in [0, 0.1) is 0 Å². The van der Waals surface area contributed by atoms with Crippen LogP contribution in [-0.4, -0.2) is 49.4 Å². The zero-order valence-corrected chi connectivity index (χ0v) is 16.2. The quantitative estimate of drug-likeness (QED) is 0.859. The average Bonchev–Trinajstić information content (AvgIpc) is 2.74. The van der Waals surface area contributed by atoms with Gasteiger partial charge in [0.05, 0.1) is 0 Å². The number of carbonyl (C=O) groups excluding carboxylic acids is 2. The second-order valence-electron chi connectivity index (χ2n) is 7.34. The summed E-state index contributed by atoms with van der Waals surface area (Å²) < 4.78 is 0. The van der Waals surface area contributed by atoms with Crippen LogP contribution in [0.2, 0.25) is 0 Å². The zero-order chi connectivity index (χ0) is 19.5. The van der Waals surface area contributed by atoms with E-state index in [-0.39, 0.29) is 11.8 Å². The zero-order valence-electron chi connectivity index (χ0n) is 16.2. The Balaban J connectivity index is 1.39. The standard InChI is InChI=1S/C22H26N4O2/c1-2-25-11-13-26(14-12-25)19-7-5-18(6-8-19)23-22(28)17-3-9-20-16(15-17)4-10-21(27)24-20/h3,5-9,15H,2,4,10-14H2,1H3,(H,23,28)(H,24,27). The molecule has 2 aliphatic heterocycles. The summed E-state index contributed by atoms with van der Waals surface area (Å²) in [6.07, 6.45) is 1.13. The minimum atomic E-state index is -0.135. The molecule has 0 atom stereocenters. The number of piperazine rings is 1. The number of anilines is 3. The first kappa shape index (κ1) is 18.5. The summed E-state index contributed by atoms with van der Waals surface area (Å²) in [6.45, 7) is 7.55. The van der Waals surface area contributed by atoms with Gasteiger partial charge in [-0.05, 0) is 61.0 Å². The lowest BCUT2D eigenvalue weighted by molar-refractivity contribution is -0.116. The lowest BCUT2D eigenvalue weighted by atomic mass is 10.00. The van der Waals surface area contributed by atoms with Crippen LogP contribution in [0.3, 0.4) is 0 Å². The molecular weight excluding hydrogens is 352 g/mol. The Morgan fingerprint density at radius 3 is 2.50 bits per heavy atom. The molecule has 2 aromatic rings. The third-order valence-corrected chi connectivity index (χ3v) is 5.57. The number of benzene rings is 2. The molecule has 2 N–H and O–H groups in total. The van der Waals surface area contributed by atoms with Gasteiger partial charge in [-0.25, -0.2) is 0 Å². The largest absolute Gasteiger partial charge is 0.369 e. The predicted molar refractivity (Wildman–Crippen MR) is 112 cm³/mol. The molecule has 4 rings (SSSR count). The molecule has 1 saturated heterocycles. The van der Waals surface area contributed by atoms with E-state index in [0.29, 0.717) is 18.4 Å². The van der Waals surface area contributed by atoms with E-state index in [1.165, 1.54) is 5.69 Å². The molecule has 0 bridgehead atoms. The fraction of sp³-hybridized carbons (Fsp3) is 0.364. The van der Waals surface area contributed by atoms with Crippen LogP contribution in [0.25, 0.3) is 0 Å². The van der Waals surface area contributed by atoms with E-state index in [1.807, 2.05) is 18.2 Å². The van der Waals surface area contributed by atoms with Gasteiger partial charge in [0.1, 0.15) is 0 Å². The normalized spacial score (nSPS) is 17.0. The van der Waals surface area contributed by atoms with Gasteiger partial charge in [0.15, 0.2) is 0 Å². The van der Waals surface area contributed by atoms with Gasteiger partial charge in [0.25, 0.3) is 5.91 Å². The van der Waals surface area contributed by atoms with E-state index in [9.17, 15) is 9.59 Å². The van der Waals surface area contributed by atoms with E-state index in [4.69, 9.17) is 0 Å². The number of hydrogen-bond donors (Lipinski definition) is 2. The van der Waals surface area contributed by atoms with Crippen molar-refractivity contribution in [1.29, 1.82) is 0 Å². The van der Waals surface area contributed by atoms with Crippen LogP contribution in [0.1, 0.15) is 29.3 Å². The molecule has 146 valence electrons. The Morgan fingerprint density at radius 2 is 1.79 bits per heavy atom. The second-order valence-corrected chi connectivity index (χ2v) is 7.34. The van der Waals surface area contributed by atoms with Crippen LogP contribution in [0.4, 0.5) is 17.1 Å². The van der Waals surface area contributed by atoms with Gasteiger partial charge < -0.3 is 20.4 Å². The van der Waals surface area contributed by atoms with Crippen molar-refractivity contribution in [3.8, 4) is 0 Å². The molecular formula is C22H26N4O2. The fourth-order valence-electron chi connectivity index (χ4n) is 3.81. The minimum Gasteiger partial charge on any atom is -0.369 e. The molecule has 2 aromatic carbocycles. The molecule has 6 nitrogen and oxygen atoms in total. The van der Waals surface area contributed by atoms with Gasteiger partial charge in [-0.3, -0.25) is 9.59 Å². The molecule has 1 fully saturated rings. The molecule has 0 aromatic heterocycles. The number of amides is 2. The Kier molecular flexibility index (Phi) is 5.30. The fourth-order valence-corrected chi connectivity index (χ4v) is 3.81. The van der Waals surface area contributed by atoms with Gasteiger partial charge in [-0.2, -0.15) is 0 Å². The smallest absolute Gasteiger partial charge is 0.255 e. The second kappa shape index (κ2) is 8.02. The molecule has 2 heterocycles. The van der Waals surface area contributed by atoms with E-state index in [2.05, 4.69) is 39.5 Å². The molecule has 0 unspecified atom stereocenters. The van der Waals surface area contributed by atoms with Crippen molar-refractivity contribution in [1.82, 2.24) is 4.90 Å². The van der Waals surface area contributed by atoms with Gasteiger partial charge in [-0.1, -0.05) is 6.92 Å². The molecule has 0 spiro atoms. The Morgan fingerprint density at radius 1 is 1.04 bits per heavy atom. The number of likely N-dealkylation sites (N-methyl/N-ethyl adjacent to an activating group) is 1. The van der Waals surface area contributed by atoms with Gasteiger partial charge in [0, 0.05) is 55.2 Å². The number of aryl methyl sites for hydroxylation is 1. The highest BCUT2D eigenvalue weighted by molar-refractivity contribution is 6.05. The molecule has 0 aliphatic carbocycles. The van der Waals surface area contributed by atoms with Gasteiger partial charge >= 0.3 is 0 Å². The molecule has 2 aliphatic rings. The number of carbonyl (C=O) groups is 2. The lowest BCUT2D eigenvalue weighted by Gasteiger charge is -2.35. The third-order valence-electron chi connectivity index (χ3n) is 5.57. The monoisotopic (exact) mass is 378 g/mol. The summed E-state index contributed by atoms with van der Waals surface area (Å²) in [6, 6.07) is 13.5. The highest BCUT2D eigenvalue weighted by atomic mass is 16.2. The Hall–Kier alpha value is -2.86. The van der Waals surface area contributed by atoms with Crippen molar-refractivity contribution in [3.05, 3.63) is 53.6 Å². The first-order valence-electron chi connectivity index (χ1n) is 9.94. The number of nitrogens with zero attached hydrogens (tertiary/aromatic N) is 2. The summed E-state index contributed by atoms with van der Waals surface area (Å²) in [7, 11) is 0. The highest BCUT2D eigenvalue weighted by Crippen LogP contribution is 2.24. The predicted octanol–water partition coefficient (Wildman–Crippen LogP) is 2.97. The van der Waals surface area contributed by atoms with Crippen LogP contribution in [-0.2, 0) is 11.2 Å². The van der Waals surface area contributed by atoms with E-state index < -0.39 is 0 Å². The van der Waals surface area contributed by atoms with Crippen LogP contribution < -0.4 is 15.5 Å². The summed E-state index contributed by atoms with van der Waals surface area (Å²) in [5.74, 6) is -0.107. The first-order valence-corrected chi connectivity index (χ1v) is 9.94. The van der Waals surface area contributed by atoms with Gasteiger partial charge in [0.2, 0.25) is 5.91 Å². The molecule has 6 heteroatoms. The number of rotatable bonds is 4. The molecule has 0 radical (unpaired) electrons. The van der Waals surface area contributed by atoms with Crippen molar-refractivity contribution >= 4 is 28.9 Å². The van der Waals surface area contributed by atoms with Crippen LogP contribution in [0.15, 0.2) is 42.5 Å². The van der Waals surface area contributed by atoms with Crippen molar-refractivity contribution in [2.24, 2.45) is 0 Å². The Bertz CT molecular complexity index is 871. The molecule has 28 heavy (non-hydrogen) atoms. The van der Waals surface area contributed by atoms with Crippen molar-refractivity contribution in [2.75, 3.05) is 48.3 Å². The topological polar surface area (TPSA) is 64.7 Å². The maximum Gasteiger partial charge on any atom is 0.255 e. The van der Waals surface area contributed by atoms with Crippen LogP contribution in [0.5, 0.6) is 0 Å². The number of fused-ring (bicyclic) bond motifs is 1. The first-order chi connectivity index (χ1) is 13.6. The Labute approximate surface area is 165 Å². The lowest BCUT2D eigenvalue weighted by Crippen LogP contribution is -2.46. The maximum atomic E-state index is 12.6. The molecule has 2 amide bonds. The average molecular weight is 378 g/mol. The number of nitrogens with one attached hydrogen (secondary N) is 2. The summed E-state index contributed by atoms with van der Waals surface area (Å²) in [5, 5.41) is 5.81. The highest BCUT2D eigenvalue weighted by Gasteiger charge is 2.18. The maximum absolute atomic E-state index is 12.6. The van der Waals surface area contributed by atoms with Crippen LogP contribution >= 0.6 is 0 Å². The SMILES string of the molecule is CCN1CCN(c2ccc(NC(=O)c3ccc4c(c3)CCC(=O)N4)cc2)CC1. The minimum absolute atomic E-state index is 0.0286. The summed E-state index contributed by atoms with van der Waals surface area (Å²) in [4.78, 5) is 28.9. The summed E-state index contributed by atoms with van der Waals surface area (Å²) in [5.41, 5.74) is 4.40. The van der Waals surface area contributed by atoms with Crippen molar-refractivity contribution in [3.63, 3.8) is 0 Å². The van der Waals surface area contributed by atoms with Gasteiger partial charge in [-0.15, -0.1) is 0 Å². The molecule has 0 saturated carbocycles. The van der Waals surface area contributed by atoms with Crippen molar-refractivity contribution < 1.29 is 9.59 Å². The third kappa shape index (κ3) is 4.02. The van der Waals surface area contributed by atoms with Crippen molar-refractivity contribution in [2.45, 2.75) is 19.8 Å². The number of hydrogen-bond acceptors (Lipinski definition) is 4. The summed E-state index contributed by atoms with van der Waals surface area (Å²) >= 11 is 0. The van der Waals surface area contributed by atoms with E-state index in [1.54, 1.807) is 12.1 Å². The van der Waals surface area contributed by atoms with E-state index >= 15 is 0 Å².